The van der Waals surface area contributed by atoms with Gasteiger partial charge in [-0.05, 0) is 45.4 Å². The van der Waals surface area contributed by atoms with Crippen molar-refractivity contribution in [2.45, 2.75) is 39.2 Å². The molecule has 0 aromatic heterocycles. The first kappa shape index (κ1) is 15.8. The van der Waals surface area contributed by atoms with Crippen LogP contribution in [0.15, 0.2) is 18.2 Å². The Morgan fingerprint density at radius 2 is 2.24 bits per heavy atom. The molecular formula is C17H26N2O2. The summed E-state index contributed by atoms with van der Waals surface area (Å²) < 4.78 is 5.74. The molecule has 116 valence electrons. The number of amides is 1. The van der Waals surface area contributed by atoms with Gasteiger partial charge in [0.1, 0.15) is 5.75 Å². The fourth-order valence-corrected chi connectivity index (χ4v) is 2.81. The van der Waals surface area contributed by atoms with E-state index in [1.165, 1.54) is 5.56 Å². The first-order chi connectivity index (χ1) is 10.1. The normalized spacial score (nSPS) is 18.6. The predicted molar refractivity (Wildman–Crippen MR) is 84.7 cm³/mol. The van der Waals surface area contributed by atoms with Crippen LogP contribution in [0.25, 0.3) is 0 Å². The van der Waals surface area contributed by atoms with Gasteiger partial charge >= 0.3 is 0 Å². The van der Waals surface area contributed by atoms with E-state index in [0.29, 0.717) is 19.1 Å². The van der Waals surface area contributed by atoms with E-state index >= 15 is 0 Å². The highest BCUT2D eigenvalue weighted by atomic mass is 16.5. The molecule has 1 aromatic rings. The van der Waals surface area contributed by atoms with Gasteiger partial charge in [0.25, 0.3) is 0 Å². The molecule has 0 aliphatic carbocycles. The van der Waals surface area contributed by atoms with Crippen molar-refractivity contribution in [3.05, 3.63) is 29.3 Å². The molecule has 1 aliphatic rings. The van der Waals surface area contributed by atoms with Gasteiger partial charge in [-0.15, -0.1) is 0 Å². The van der Waals surface area contributed by atoms with Crippen LogP contribution >= 0.6 is 0 Å². The van der Waals surface area contributed by atoms with Crippen LogP contribution in [0.4, 0.5) is 0 Å². The largest absolute Gasteiger partial charge is 0.493 e. The smallest absolute Gasteiger partial charge is 0.226 e. The van der Waals surface area contributed by atoms with Gasteiger partial charge < -0.3 is 15.0 Å². The molecule has 1 fully saturated rings. The van der Waals surface area contributed by atoms with Gasteiger partial charge in [0.15, 0.2) is 0 Å². The van der Waals surface area contributed by atoms with Crippen LogP contribution in [0, 0.1) is 13.8 Å². The zero-order chi connectivity index (χ0) is 15.2. The molecule has 1 heterocycles. The maximum atomic E-state index is 12.2. The molecule has 1 atom stereocenters. The van der Waals surface area contributed by atoms with E-state index in [0.717, 1.165) is 37.2 Å². The van der Waals surface area contributed by atoms with E-state index < -0.39 is 0 Å². The molecule has 0 radical (unpaired) electrons. The SMILES string of the molecule is CN[C@@H]1CCCN(C(=O)CCOc2ccc(C)cc2C)C1. The average Bonchev–Trinajstić information content (AvgIpc) is 2.49. The number of nitrogens with one attached hydrogen (secondary N) is 1. The Balaban J connectivity index is 1.78. The molecule has 0 unspecified atom stereocenters. The van der Waals surface area contributed by atoms with Gasteiger partial charge in [-0.1, -0.05) is 17.7 Å². The van der Waals surface area contributed by atoms with Gasteiger partial charge in [-0.3, -0.25) is 4.79 Å². The van der Waals surface area contributed by atoms with E-state index in [2.05, 4.69) is 18.3 Å². The van der Waals surface area contributed by atoms with Crippen molar-refractivity contribution < 1.29 is 9.53 Å². The molecule has 1 N–H and O–H groups in total. The van der Waals surface area contributed by atoms with Crippen LogP contribution in [-0.2, 0) is 4.79 Å². The summed E-state index contributed by atoms with van der Waals surface area (Å²) in [6, 6.07) is 6.54. The summed E-state index contributed by atoms with van der Waals surface area (Å²) in [5, 5.41) is 3.26. The summed E-state index contributed by atoms with van der Waals surface area (Å²) in [7, 11) is 1.96. The minimum absolute atomic E-state index is 0.194. The number of ether oxygens (including phenoxy) is 1. The zero-order valence-electron chi connectivity index (χ0n) is 13.3. The Bertz CT molecular complexity index is 488. The van der Waals surface area contributed by atoms with Crippen molar-refractivity contribution in [2.24, 2.45) is 0 Å². The van der Waals surface area contributed by atoms with Crippen molar-refractivity contribution >= 4 is 5.91 Å². The Hall–Kier alpha value is -1.55. The summed E-state index contributed by atoms with van der Waals surface area (Å²) in [6.07, 6.45) is 2.68. The van der Waals surface area contributed by atoms with Crippen LogP contribution in [0.3, 0.4) is 0 Å². The molecule has 1 saturated heterocycles. The van der Waals surface area contributed by atoms with Gasteiger partial charge in [0.05, 0.1) is 13.0 Å². The highest BCUT2D eigenvalue weighted by Crippen LogP contribution is 2.19. The highest BCUT2D eigenvalue weighted by molar-refractivity contribution is 5.76. The first-order valence-corrected chi connectivity index (χ1v) is 7.75. The fourth-order valence-electron chi connectivity index (χ4n) is 2.81. The Labute approximate surface area is 127 Å². The fraction of sp³-hybridized carbons (Fsp3) is 0.588. The van der Waals surface area contributed by atoms with Crippen LogP contribution in [-0.4, -0.2) is 43.6 Å². The van der Waals surface area contributed by atoms with Crippen molar-refractivity contribution in [1.29, 1.82) is 0 Å². The first-order valence-electron chi connectivity index (χ1n) is 7.75. The highest BCUT2D eigenvalue weighted by Gasteiger charge is 2.22. The molecule has 4 heteroatoms. The van der Waals surface area contributed by atoms with E-state index in [1.807, 2.05) is 31.0 Å². The lowest BCUT2D eigenvalue weighted by molar-refractivity contribution is -0.133. The quantitative estimate of drug-likeness (QED) is 0.904. The summed E-state index contributed by atoms with van der Waals surface area (Å²) in [6.45, 7) is 6.24. The molecule has 0 spiro atoms. The van der Waals surface area contributed by atoms with E-state index in [1.54, 1.807) is 0 Å². The Kier molecular flexibility index (Phi) is 5.62. The topological polar surface area (TPSA) is 41.6 Å². The van der Waals surface area contributed by atoms with Crippen LogP contribution < -0.4 is 10.1 Å². The lowest BCUT2D eigenvalue weighted by Crippen LogP contribution is -2.47. The maximum absolute atomic E-state index is 12.2. The van der Waals surface area contributed by atoms with Crippen molar-refractivity contribution in [2.75, 3.05) is 26.7 Å². The van der Waals surface area contributed by atoms with E-state index in [9.17, 15) is 4.79 Å². The van der Waals surface area contributed by atoms with Crippen LogP contribution in [0.2, 0.25) is 0 Å². The second-order valence-corrected chi connectivity index (χ2v) is 5.83. The summed E-state index contributed by atoms with van der Waals surface area (Å²) in [5.74, 6) is 1.07. The number of carbonyl (C=O) groups excluding carboxylic acids is 1. The van der Waals surface area contributed by atoms with Gasteiger partial charge in [0, 0.05) is 19.1 Å². The molecule has 1 aromatic carbocycles. The lowest BCUT2D eigenvalue weighted by atomic mass is 10.1. The third-order valence-electron chi connectivity index (χ3n) is 4.09. The van der Waals surface area contributed by atoms with Crippen LogP contribution in [0.1, 0.15) is 30.4 Å². The molecule has 0 saturated carbocycles. The zero-order valence-corrected chi connectivity index (χ0v) is 13.3. The van der Waals surface area contributed by atoms with Crippen LogP contribution in [0.5, 0.6) is 5.75 Å². The van der Waals surface area contributed by atoms with Crippen molar-refractivity contribution in [1.82, 2.24) is 10.2 Å². The third kappa shape index (κ3) is 4.46. The second kappa shape index (κ2) is 7.46. The second-order valence-electron chi connectivity index (χ2n) is 5.83. The predicted octanol–water partition coefficient (Wildman–Crippen LogP) is 2.28. The third-order valence-corrected chi connectivity index (χ3v) is 4.09. The number of carbonyl (C=O) groups is 1. The molecular weight excluding hydrogens is 264 g/mol. The Morgan fingerprint density at radius 3 is 2.95 bits per heavy atom. The monoisotopic (exact) mass is 290 g/mol. The average molecular weight is 290 g/mol. The number of likely N-dealkylation sites (tertiary alicyclic amines) is 1. The number of nitrogens with zero attached hydrogens (tertiary/aromatic N) is 1. The number of rotatable bonds is 5. The molecule has 0 bridgehead atoms. The van der Waals surface area contributed by atoms with E-state index in [-0.39, 0.29) is 5.91 Å². The van der Waals surface area contributed by atoms with E-state index in [4.69, 9.17) is 4.74 Å². The van der Waals surface area contributed by atoms with Crippen molar-refractivity contribution in [3.8, 4) is 5.75 Å². The molecule has 2 rings (SSSR count). The minimum Gasteiger partial charge on any atom is -0.493 e. The number of benzene rings is 1. The standard InChI is InChI=1S/C17H26N2O2/c1-13-6-7-16(14(2)11-13)21-10-8-17(20)19-9-4-5-15(12-19)18-3/h6-7,11,15,18H,4-5,8-10,12H2,1-3H3/t15-/m1/s1. The number of hydrogen-bond donors (Lipinski definition) is 1. The molecule has 1 amide bonds. The van der Waals surface area contributed by atoms with Gasteiger partial charge in [-0.2, -0.15) is 0 Å². The van der Waals surface area contributed by atoms with Gasteiger partial charge in [-0.25, -0.2) is 0 Å². The number of aryl methyl sites for hydroxylation is 2. The van der Waals surface area contributed by atoms with Crippen molar-refractivity contribution in [3.63, 3.8) is 0 Å². The van der Waals surface area contributed by atoms with Gasteiger partial charge in [0.2, 0.25) is 5.91 Å². The summed E-state index contributed by atoms with van der Waals surface area (Å²) >= 11 is 0. The number of piperidine rings is 1. The maximum Gasteiger partial charge on any atom is 0.226 e. The minimum atomic E-state index is 0.194. The summed E-state index contributed by atoms with van der Waals surface area (Å²) in [4.78, 5) is 14.2. The Morgan fingerprint density at radius 1 is 1.43 bits per heavy atom. The number of likely N-dealkylation sites (N-methyl/N-ethyl adjacent to an activating group) is 1. The summed E-state index contributed by atoms with van der Waals surface area (Å²) in [5.41, 5.74) is 2.35. The molecule has 1 aliphatic heterocycles. The molecule has 4 nitrogen and oxygen atoms in total. The molecule has 21 heavy (non-hydrogen) atoms. The lowest BCUT2D eigenvalue weighted by Gasteiger charge is -2.32. The number of hydrogen-bond acceptors (Lipinski definition) is 3.